The number of pyridine rings is 1. The molecular formula is C21H18FN5O2. The van der Waals surface area contributed by atoms with E-state index in [0.717, 1.165) is 0 Å². The third-order valence-electron chi connectivity index (χ3n) is 5.49. The highest BCUT2D eigenvalue weighted by Gasteiger charge is 2.54. The molecule has 0 unspecified atom stereocenters. The van der Waals surface area contributed by atoms with Crippen molar-refractivity contribution in [3.8, 4) is 6.07 Å². The van der Waals surface area contributed by atoms with Crippen LogP contribution in [0.1, 0.15) is 48.3 Å². The number of nitrogens with zero attached hydrogens (tertiary/aromatic N) is 3. The van der Waals surface area contributed by atoms with E-state index in [1.807, 2.05) is 6.07 Å². The molecule has 2 N–H and O–H groups in total. The zero-order chi connectivity index (χ0) is 20.8. The molecule has 0 radical (unpaired) electrons. The second-order valence-electron chi connectivity index (χ2n) is 7.38. The molecule has 0 saturated heterocycles. The van der Waals surface area contributed by atoms with Gasteiger partial charge in [0, 0.05) is 16.5 Å². The number of nitrogens with one attached hydrogen (secondary N) is 2. The van der Waals surface area contributed by atoms with Crippen molar-refractivity contribution in [3.05, 3.63) is 69.0 Å². The summed E-state index contributed by atoms with van der Waals surface area (Å²) in [5.41, 5.74) is 0.964. The van der Waals surface area contributed by atoms with Gasteiger partial charge in [0.25, 0.3) is 5.56 Å². The van der Waals surface area contributed by atoms with Crippen LogP contribution in [0.4, 0.5) is 4.39 Å². The van der Waals surface area contributed by atoms with Crippen molar-refractivity contribution in [1.29, 1.82) is 5.26 Å². The Balaban J connectivity index is 1.67. The second kappa shape index (κ2) is 6.78. The molecule has 7 nitrogen and oxygen atoms in total. The van der Waals surface area contributed by atoms with E-state index >= 15 is 0 Å². The molecule has 2 aromatic heterocycles. The number of carbonyl (C=O) groups excluding carboxylic acids is 1. The van der Waals surface area contributed by atoms with Gasteiger partial charge in [0.2, 0.25) is 5.91 Å². The Kier molecular flexibility index (Phi) is 4.38. The van der Waals surface area contributed by atoms with Crippen LogP contribution in [0.3, 0.4) is 0 Å². The Morgan fingerprint density at radius 3 is 2.69 bits per heavy atom. The summed E-state index contributed by atoms with van der Waals surface area (Å²) in [5.74, 6) is -0.679. The molecule has 3 aromatic rings. The number of fused-ring (bicyclic) bond motifs is 1. The molecule has 4 rings (SSSR count). The van der Waals surface area contributed by atoms with Crippen LogP contribution < -0.4 is 10.9 Å². The molecule has 1 fully saturated rings. The number of aryl methyl sites for hydroxylation is 1. The molecule has 8 heteroatoms. The number of hydrogen-bond donors (Lipinski definition) is 2. The number of aromatic amines is 1. The molecule has 1 aromatic carbocycles. The number of nitriles is 1. The fraction of sp³-hybridized carbons (Fsp3) is 0.286. The normalized spacial score (nSPS) is 15.5. The maximum atomic E-state index is 13.7. The van der Waals surface area contributed by atoms with E-state index in [1.165, 1.54) is 24.3 Å². The van der Waals surface area contributed by atoms with E-state index in [1.54, 1.807) is 19.9 Å². The molecule has 1 atom stereocenters. The summed E-state index contributed by atoms with van der Waals surface area (Å²) < 4.78 is 13.7. The van der Waals surface area contributed by atoms with Crippen LogP contribution in [0.15, 0.2) is 35.1 Å². The van der Waals surface area contributed by atoms with Gasteiger partial charge in [-0.1, -0.05) is 0 Å². The lowest BCUT2D eigenvalue weighted by Gasteiger charge is -2.21. The van der Waals surface area contributed by atoms with Crippen LogP contribution in [0.2, 0.25) is 0 Å². The molecule has 146 valence electrons. The molecule has 1 aliphatic rings. The Labute approximate surface area is 165 Å². The Bertz CT molecular complexity index is 1220. The zero-order valence-corrected chi connectivity index (χ0v) is 15.9. The van der Waals surface area contributed by atoms with Gasteiger partial charge in [-0.15, -0.1) is 5.10 Å². The van der Waals surface area contributed by atoms with Crippen LogP contribution in [-0.4, -0.2) is 21.1 Å². The molecule has 0 spiro atoms. The van der Waals surface area contributed by atoms with Crippen molar-refractivity contribution in [2.24, 2.45) is 0 Å². The second-order valence-corrected chi connectivity index (χ2v) is 7.38. The van der Waals surface area contributed by atoms with Crippen molar-refractivity contribution in [2.75, 3.05) is 0 Å². The van der Waals surface area contributed by atoms with Crippen LogP contribution in [0.25, 0.3) is 10.9 Å². The van der Waals surface area contributed by atoms with E-state index in [9.17, 15) is 14.0 Å². The number of hydrogen-bond acceptors (Lipinski definition) is 5. The highest BCUT2D eigenvalue weighted by atomic mass is 19.1. The average molecular weight is 391 g/mol. The van der Waals surface area contributed by atoms with Crippen molar-refractivity contribution in [1.82, 2.24) is 20.5 Å². The van der Waals surface area contributed by atoms with Crippen LogP contribution in [0, 0.1) is 24.1 Å². The lowest BCUT2D eigenvalue weighted by molar-refractivity contribution is -0.124. The SMILES string of the molecule is Cc1c(C2(C(=O)N[C@@H](C)c3ccc(C#N)nn3)CC2)c(=O)[nH]c2ccc(F)cc12. The summed E-state index contributed by atoms with van der Waals surface area (Å²) in [6.45, 7) is 3.51. The first kappa shape index (κ1) is 18.7. The number of rotatable bonds is 4. The van der Waals surface area contributed by atoms with E-state index in [4.69, 9.17) is 5.26 Å². The largest absolute Gasteiger partial charge is 0.347 e. The number of aromatic nitrogens is 3. The average Bonchev–Trinajstić information content (AvgIpc) is 3.50. The first-order valence-electron chi connectivity index (χ1n) is 9.23. The Morgan fingerprint density at radius 1 is 1.31 bits per heavy atom. The lowest BCUT2D eigenvalue weighted by atomic mass is 9.90. The summed E-state index contributed by atoms with van der Waals surface area (Å²) in [5, 5.41) is 20.1. The predicted molar refractivity (Wildman–Crippen MR) is 103 cm³/mol. The van der Waals surface area contributed by atoms with Gasteiger partial charge >= 0.3 is 0 Å². The summed E-state index contributed by atoms with van der Waals surface area (Å²) in [7, 11) is 0. The minimum atomic E-state index is -0.938. The van der Waals surface area contributed by atoms with Gasteiger partial charge in [-0.05, 0) is 62.6 Å². The van der Waals surface area contributed by atoms with E-state index in [-0.39, 0.29) is 17.2 Å². The van der Waals surface area contributed by atoms with Gasteiger partial charge in [0.05, 0.1) is 17.2 Å². The standard InChI is InChI=1S/C21H18FN5O2/c1-11-15-9-13(22)3-5-17(15)25-19(28)18(11)21(7-8-21)20(29)24-12(2)16-6-4-14(10-23)26-27-16/h3-6,9,12H,7-8H2,1-2H3,(H,24,29)(H,25,28)/t12-/m0/s1. The minimum absolute atomic E-state index is 0.191. The number of benzene rings is 1. The molecular weight excluding hydrogens is 373 g/mol. The smallest absolute Gasteiger partial charge is 0.252 e. The third kappa shape index (κ3) is 3.14. The first-order chi connectivity index (χ1) is 13.9. The lowest BCUT2D eigenvalue weighted by Crippen LogP contribution is -2.40. The Morgan fingerprint density at radius 2 is 2.07 bits per heavy atom. The number of halogens is 1. The Hall–Kier alpha value is -3.60. The summed E-state index contributed by atoms with van der Waals surface area (Å²) in [6.07, 6.45) is 1.07. The van der Waals surface area contributed by atoms with Gasteiger partial charge < -0.3 is 10.3 Å². The van der Waals surface area contributed by atoms with E-state index in [2.05, 4.69) is 20.5 Å². The van der Waals surface area contributed by atoms with Crippen molar-refractivity contribution < 1.29 is 9.18 Å². The number of carbonyl (C=O) groups is 1. The number of amides is 1. The topological polar surface area (TPSA) is 112 Å². The van der Waals surface area contributed by atoms with Gasteiger partial charge in [0.1, 0.15) is 11.9 Å². The fourth-order valence-corrected chi connectivity index (χ4v) is 3.76. The van der Waals surface area contributed by atoms with E-state index < -0.39 is 17.3 Å². The van der Waals surface area contributed by atoms with Crippen molar-refractivity contribution in [3.63, 3.8) is 0 Å². The fourth-order valence-electron chi connectivity index (χ4n) is 3.76. The van der Waals surface area contributed by atoms with E-state index in [0.29, 0.717) is 40.6 Å². The van der Waals surface area contributed by atoms with Crippen molar-refractivity contribution >= 4 is 16.8 Å². The molecule has 0 bridgehead atoms. The van der Waals surface area contributed by atoms with Crippen molar-refractivity contribution in [2.45, 2.75) is 38.1 Å². The monoisotopic (exact) mass is 391 g/mol. The highest BCUT2D eigenvalue weighted by molar-refractivity contribution is 5.94. The van der Waals surface area contributed by atoms with Crippen LogP contribution in [0.5, 0.6) is 0 Å². The summed E-state index contributed by atoms with van der Waals surface area (Å²) in [6, 6.07) is 8.79. The molecule has 2 heterocycles. The quantitative estimate of drug-likeness (QED) is 0.710. The summed E-state index contributed by atoms with van der Waals surface area (Å²) >= 11 is 0. The van der Waals surface area contributed by atoms with Crippen LogP contribution in [-0.2, 0) is 10.2 Å². The van der Waals surface area contributed by atoms with Gasteiger partial charge in [-0.25, -0.2) is 4.39 Å². The third-order valence-corrected chi connectivity index (χ3v) is 5.49. The molecule has 1 aliphatic carbocycles. The molecule has 29 heavy (non-hydrogen) atoms. The van der Waals surface area contributed by atoms with Gasteiger partial charge in [-0.2, -0.15) is 10.4 Å². The minimum Gasteiger partial charge on any atom is -0.347 e. The zero-order valence-electron chi connectivity index (χ0n) is 15.9. The molecule has 1 amide bonds. The summed E-state index contributed by atoms with van der Waals surface area (Å²) in [4.78, 5) is 28.6. The highest BCUT2D eigenvalue weighted by Crippen LogP contribution is 2.49. The first-order valence-corrected chi connectivity index (χ1v) is 9.23. The predicted octanol–water partition coefficient (Wildman–Crippen LogP) is 2.55. The van der Waals surface area contributed by atoms with Crippen LogP contribution >= 0.6 is 0 Å². The molecule has 1 saturated carbocycles. The number of H-pyrrole nitrogens is 1. The maximum absolute atomic E-state index is 13.7. The van der Waals surface area contributed by atoms with Gasteiger partial charge in [-0.3, -0.25) is 9.59 Å². The molecule has 0 aliphatic heterocycles. The maximum Gasteiger partial charge on any atom is 0.252 e. The van der Waals surface area contributed by atoms with Gasteiger partial charge in [0.15, 0.2) is 5.69 Å².